The fourth-order valence-electron chi connectivity index (χ4n) is 4.32. The number of aromatic nitrogens is 1. The van der Waals surface area contributed by atoms with Crippen molar-refractivity contribution in [3.05, 3.63) is 106 Å². The van der Waals surface area contributed by atoms with Crippen LogP contribution >= 0.6 is 0 Å². The summed E-state index contributed by atoms with van der Waals surface area (Å²) >= 11 is 0. The van der Waals surface area contributed by atoms with E-state index in [9.17, 15) is 23.2 Å². The third kappa shape index (κ3) is 4.42. The van der Waals surface area contributed by atoms with Crippen molar-refractivity contribution in [1.29, 1.82) is 0 Å². The van der Waals surface area contributed by atoms with Crippen molar-refractivity contribution in [2.24, 2.45) is 0 Å². The summed E-state index contributed by atoms with van der Waals surface area (Å²) in [5, 5.41) is 3.43. The summed E-state index contributed by atoms with van der Waals surface area (Å²) in [5.74, 6) is -1.79. The number of hydrogen-bond donors (Lipinski definition) is 1. The maximum atomic E-state index is 14.1. The number of nitrogens with one attached hydrogen (secondary N) is 1. The van der Waals surface area contributed by atoms with Gasteiger partial charge in [0.15, 0.2) is 0 Å². The Labute approximate surface area is 198 Å². The van der Waals surface area contributed by atoms with Gasteiger partial charge in [0.05, 0.1) is 17.5 Å². The van der Waals surface area contributed by atoms with Crippen molar-refractivity contribution in [3.63, 3.8) is 0 Å². The van der Waals surface area contributed by atoms with E-state index in [1.54, 1.807) is 48.5 Å². The highest BCUT2D eigenvalue weighted by Crippen LogP contribution is 2.36. The van der Waals surface area contributed by atoms with Gasteiger partial charge in [-0.15, -0.1) is 0 Å². The van der Waals surface area contributed by atoms with E-state index in [1.807, 2.05) is 0 Å². The number of nitrogens with zero attached hydrogens (tertiary/aromatic N) is 1. The van der Waals surface area contributed by atoms with Crippen LogP contribution in [-0.2, 0) is 16.1 Å². The zero-order valence-corrected chi connectivity index (χ0v) is 18.5. The zero-order chi connectivity index (χ0) is 24.5. The van der Waals surface area contributed by atoms with Crippen LogP contribution in [0.2, 0.25) is 0 Å². The molecule has 4 aromatic rings. The number of esters is 1. The van der Waals surface area contributed by atoms with Gasteiger partial charge in [0.25, 0.3) is 5.56 Å². The first-order valence-corrected chi connectivity index (χ1v) is 11.1. The van der Waals surface area contributed by atoms with E-state index in [1.165, 1.54) is 28.8 Å². The quantitative estimate of drug-likeness (QED) is 0.421. The van der Waals surface area contributed by atoms with Gasteiger partial charge in [-0.1, -0.05) is 30.3 Å². The number of carbonyl (C=O) groups excluding carboxylic acids is 2. The van der Waals surface area contributed by atoms with E-state index in [4.69, 9.17) is 4.74 Å². The fourth-order valence-corrected chi connectivity index (χ4v) is 4.32. The maximum absolute atomic E-state index is 14.1. The Kier molecular flexibility index (Phi) is 5.86. The van der Waals surface area contributed by atoms with Crippen LogP contribution in [0, 0.1) is 11.6 Å². The second-order valence-corrected chi connectivity index (χ2v) is 8.26. The average molecular weight is 474 g/mol. The predicted molar refractivity (Wildman–Crippen MR) is 126 cm³/mol. The van der Waals surface area contributed by atoms with Gasteiger partial charge >= 0.3 is 5.97 Å². The van der Waals surface area contributed by atoms with E-state index in [0.717, 1.165) is 0 Å². The third-order valence-electron chi connectivity index (χ3n) is 6.04. The fraction of sp³-hybridized carbons (Fsp3) is 0.148. The minimum atomic E-state index is -0.762. The SMILES string of the molecule is O=C(CC1OC(=O)c2cc(-c3ccccc3F)ccc21)NCCn1c(=O)ccc2ccc(F)cc21. The van der Waals surface area contributed by atoms with Crippen LogP contribution in [0.3, 0.4) is 0 Å². The van der Waals surface area contributed by atoms with Gasteiger partial charge < -0.3 is 14.6 Å². The molecule has 1 aliphatic heterocycles. The lowest BCUT2D eigenvalue weighted by molar-refractivity contribution is -0.123. The predicted octanol–water partition coefficient (Wildman–Crippen LogP) is 4.36. The smallest absolute Gasteiger partial charge is 0.339 e. The van der Waals surface area contributed by atoms with Crippen molar-refractivity contribution in [3.8, 4) is 11.1 Å². The van der Waals surface area contributed by atoms with Crippen molar-refractivity contribution < 1.29 is 23.1 Å². The van der Waals surface area contributed by atoms with Crippen molar-refractivity contribution in [2.45, 2.75) is 19.1 Å². The van der Waals surface area contributed by atoms with Crippen LogP contribution in [0.15, 0.2) is 77.6 Å². The number of hydrogen-bond acceptors (Lipinski definition) is 4. The zero-order valence-electron chi connectivity index (χ0n) is 18.5. The van der Waals surface area contributed by atoms with E-state index < -0.39 is 23.7 Å². The standard InChI is InChI=1S/C27H20F2N2O4/c28-18-8-5-16-7-10-26(33)31(23(16)14-18)12-11-30-25(32)15-24-20-9-6-17(13-21(20)27(34)35-24)19-3-1-2-4-22(19)29/h1-10,13-14,24H,11-12,15H2,(H,30,32). The third-order valence-corrected chi connectivity index (χ3v) is 6.04. The lowest BCUT2D eigenvalue weighted by Gasteiger charge is -2.13. The number of carbonyl (C=O) groups is 2. The molecule has 0 aliphatic carbocycles. The van der Waals surface area contributed by atoms with Crippen LogP contribution in [0.1, 0.15) is 28.4 Å². The number of cyclic esters (lactones) is 1. The number of fused-ring (bicyclic) bond motifs is 2. The number of rotatable bonds is 6. The van der Waals surface area contributed by atoms with Crippen LogP contribution in [-0.4, -0.2) is 23.0 Å². The van der Waals surface area contributed by atoms with Gasteiger partial charge in [-0.2, -0.15) is 0 Å². The molecule has 0 saturated carbocycles. The first-order chi connectivity index (χ1) is 16.9. The highest BCUT2D eigenvalue weighted by molar-refractivity contribution is 5.96. The Hall–Kier alpha value is -4.33. The molecule has 0 fully saturated rings. The molecule has 0 radical (unpaired) electrons. The molecule has 8 heteroatoms. The van der Waals surface area contributed by atoms with E-state index in [-0.39, 0.29) is 31.0 Å². The summed E-state index contributed by atoms with van der Waals surface area (Å²) in [7, 11) is 0. The lowest BCUT2D eigenvalue weighted by Crippen LogP contribution is -2.31. The maximum Gasteiger partial charge on any atom is 0.339 e. The van der Waals surface area contributed by atoms with Crippen LogP contribution in [0.25, 0.3) is 22.0 Å². The molecule has 35 heavy (non-hydrogen) atoms. The Balaban J connectivity index is 1.26. The van der Waals surface area contributed by atoms with E-state index in [2.05, 4.69) is 5.32 Å². The van der Waals surface area contributed by atoms with Gasteiger partial charge in [0.2, 0.25) is 5.91 Å². The second kappa shape index (κ2) is 9.13. The molecular weight excluding hydrogens is 454 g/mol. The number of benzene rings is 3. The molecule has 1 unspecified atom stereocenters. The normalized spacial score (nSPS) is 14.6. The minimum Gasteiger partial charge on any atom is -0.453 e. The summed E-state index contributed by atoms with van der Waals surface area (Å²) < 4.78 is 34.6. The Morgan fingerprint density at radius 1 is 0.943 bits per heavy atom. The van der Waals surface area contributed by atoms with Crippen LogP contribution in [0.5, 0.6) is 0 Å². The van der Waals surface area contributed by atoms with E-state index >= 15 is 0 Å². The number of ether oxygens (including phenoxy) is 1. The molecule has 1 atom stereocenters. The first-order valence-electron chi connectivity index (χ1n) is 11.1. The van der Waals surface area contributed by atoms with Gasteiger partial charge in [-0.3, -0.25) is 9.59 Å². The molecule has 1 aliphatic rings. The van der Waals surface area contributed by atoms with Crippen LogP contribution in [0.4, 0.5) is 8.78 Å². The summed E-state index contributed by atoms with van der Waals surface area (Å²) in [6.45, 7) is 0.284. The number of amides is 1. The molecule has 2 heterocycles. The van der Waals surface area contributed by atoms with E-state index in [0.29, 0.717) is 33.2 Å². The van der Waals surface area contributed by atoms with Gasteiger partial charge in [0, 0.05) is 30.3 Å². The number of halogens is 2. The Bertz CT molecular complexity index is 1530. The topological polar surface area (TPSA) is 77.4 Å². The Morgan fingerprint density at radius 3 is 2.57 bits per heavy atom. The van der Waals surface area contributed by atoms with Gasteiger partial charge in [0.1, 0.15) is 17.7 Å². The molecule has 1 N–H and O–H groups in total. The molecular formula is C27H20F2N2O4. The molecule has 5 rings (SSSR count). The van der Waals surface area contributed by atoms with Crippen LogP contribution < -0.4 is 10.9 Å². The molecule has 176 valence electrons. The summed E-state index contributed by atoms with van der Waals surface area (Å²) in [5.41, 5.74) is 1.91. The highest BCUT2D eigenvalue weighted by Gasteiger charge is 2.33. The molecule has 0 bridgehead atoms. The van der Waals surface area contributed by atoms with Gasteiger partial charge in [-0.05, 0) is 47.3 Å². The molecule has 0 saturated heterocycles. The minimum absolute atomic E-state index is 0.100. The number of pyridine rings is 1. The molecule has 0 spiro atoms. The average Bonchev–Trinajstić information content (AvgIpc) is 3.15. The van der Waals surface area contributed by atoms with Crippen molar-refractivity contribution in [1.82, 2.24) is 9.88 Å². The molecule has 1 aromatic heterocycles. The van der Waals surface area contributed by atoms with Gasteiger partial charge in [-0.25, -0.2) is 13.6 Å². The van der Waals surface area contributed by atoms with Crippen molar-refractivity contribution in [2.75, 3.05) is 6.54 Å². The largest absolute Gasteiger partial charge is 0.453 e. The molecule has 6 nitrogen and oxygen atoms in total. The monoisotopic (exact) mass is 474 g/mol. The highest BCUT2D eigenvalue weighted by atomic mass is 19.1. The first kappa shape index (κ1) is 22.5. The lowest BCUT2D eigenvalue weighted by atomic mass is 9.96. The second-order valence-electron chi connectivity index (χ2n) is 8.26. The summed E-state index contributed by atoms with van der Waals surface area (Å²) in [4.78, 5) is 37.2. The summed E-state index contributed by atoms with van der Waals surface area (Å²) in [6.07, 6.45) is -0.863. The molecule has 1 amide bonds. The molecule has 3 aromatic carbocycles. The van der Waals surface area contributed by atoms with Crippen molar-refractivity contribution >= 4 is 22.8 Å². The summed E-state index contributed by atoms with van der Waals surface area (Å²) in [6, 6.07) is 18.4. The Morgan fingerprint density at radius 2 is 1.74 bits per heavy atom.